The monoisotopic (exact) mass is 391 g/mol. The second kappa shape index (κ2) is 9.15. The molecule has 0 heterocycles. The summed E-state index contributed by atoms with van der Waals surface area (Å²) in [5, 5.41) is 10.6. The van der Waals surface area contributed by atoms with Gasteiger partial charge < -0.3 is 5.11 Å². The maximum atomic E-state index is 12.5. The average molecular weight is 392 g/mol. The van der Waals surface area contributed by atoms with Crippen molar-refractivity contribution in [3.05, 3.63) is 12.2 Å². The van der Waals surface area contributed by atoms with Gasteiger partial charge in [0.1, 0.15) is 0 Å². The predicted molar refractivity (Wildman–Crippen MR) is 104 cm³/mol. The third-order valence-electron chi connectivity index (χ3n) is 5.50. The first-order valence-electron chi connectivity index (χ1n) is 9.54. The van der Waals surface area contributed by atoms with Gasteiger partial charge in [0, 0.05) is 18.4 Å². The number of sulfonamides is 1. The molecule has 1 aliphatic rings. The van der Waals surface area contributed by atoms with Crippen LogP contribution in [0.25, 0.3) is 0 Å². The standard InChI is InChI=1S/C19H37NO5S/c1-7-8-9-10-11-12-15-20(26(6,22)23)19(25-24-5)14-13-18(4,21)17(2,3)16-19/h13-14,21H,7-12,15-16H2,1-6H3. The van der Waals surface area contributed by atoms with Crippen molar-refractivity contribution < 1.29 is 23.3 Å². The normalized spacial score (nSPS) is 28.6. The summed E-state index contributed by atoms with van der Waals surface area (Å²) in [6.07, 6.45) is 11.1. The fraction of sp³-hybridized carbons (Fsp3) is 0.895. The molecule has 0 aromatic carbocycles. The van der Waals surface area contributed by atoms with E-state index in [2.05, 4.69) is 6.92 Å². The Labute approximate surface area is 159 Å². The SMILES string of the molecule is CCCCCCCCN(C1(OOC)C=CC(C)(O)C(C)(C)C1)S(C)(=O)=O. The first-order valence-corrected chi connectivity index (χ1v) is 11.4. The van der Waals surface area contributed by atoms with E-state index in [9.17, 15) is 13.5 Å². The molecule has 1 N–H and O–H groups in total. The van der Waals surface area contributed by atoms with Crippen LogP contribution in [0.4, 0.5) is 0 Å². The van der Waals surface area contributed by atoms with Gasteiger partial charge in [-0.05, 0) is 19.4 Å². The van der Waals surface area contributed by atoms with Crippen LogP contribution in [0.3, 0.4) is 0 Å². The van der Waals surface area contributed by atoms with Crippen molar-refractivity contribution in [1.29, 1.82) is 0 Å². The minimum atomic E-state index is -3.53. The first kappa shape index (κ1) is 23.6. The molecule has 0 amide bonds. The van der Waals surface area contributed by atoms with Gasteiger partial charge in [-0.25, -0.2) is 18.2 Å². The largest absolute Gasteiger partial charge is 0.386 e. The lowest BCUT2D eigenvalue weighted by Gasteiger charge is -2.50. The van der Waals surface area contributed by atoms with Crippen molar-refractivity contribution in [3.8, 4) is 0 Å². The lowest BCUT2D eigenvalue weighted by Crippen LogP contribution is -2.59. The van der Waals surface area contributed by atoms with Crippen LogP contribution in [0, 0.1) is 5.41 Å². The van der Waals surface area contributed by atoms with Crippen molar-refractivity contribution in [2.24, 2.45) is 5.41 Å². The molecule has 1 rings (SSSR count). The van der Waals surface area contributed by atoms with Crippen molar-refractivity contribution >= 4 is 10.0 Å². The molecule has 1 aliphatic carbocycles. The van der Waals surface area contributed by atoms with Crippen molar-refractivity contribution in [2.75, 3.05) is 19.9 Å². The van der Waals surface area contributed by atoms with Crippen molar-refractivity contribution in [2.45, 2.75) is 84.0 Å². The molecule has 0 radical (unpaired) electrons. The molecule has 6 nitrogen and oxygen atoms in total. The Morgan fingerprint density at radius 3 is 2.15 bits per heavy atom. The van der Waals surface area contributed by atoms with Gasteiger partial charge in [0.25, 0.3) is 0 Å². The van der Waals surface area contributed by atoms with Gasteiger partial charge in [-0.1, -0.05) is 59.0 Å². The van der Waals surface area contributed by atoms with Gasteiger partial charge in [-0.2, -0.15) is 4.31 Å². The Morgan fingerprint density at radius 2 is 1.65 bits per heavy atom. The summed E-state index contributed by atoms with van der Waals surface area (Å²) in [4.78, 5) is 10.5. The Balaban J connectivity index is 3.04. The zero-order valence-electron chi connectivity index (χ0n) is 17.2. The van der Waals surface area contributed by atoms with Crippen LogP contribution in [-0.4, -0.2) is 49.1 Å². The molecule has 0 aliphatic heterocycles. The second-order valence-electron chi connectivity index (χ2n) is 8.24. The van der Waals surface area contributed by atoms with Crippen LogP contribution in [-0.2, 0) is 19.8 Å². The quantitative estimate of drug-likeness (QED) is 0.191. The molecule has 0 saturated carbocycles. The van der Waals surface area contributed by atoms with Crippen LogP contribution in [0.15, 0.2) is 12.2 Å². The van der Waals surface area contributed by atoms with E-state index in [0.717, 1.165) is 19.3 Å². The fourth-order valence-electron chi connectivity index (χ4n) is 3.48. The molecular weight excluding hydrogens is 354 g/mol. The summed E-state index contributed by atoms with van der Waals surface area (Å²) < 4.78 is 26.5. The van der Waals surface area contributed by atoms with E-state index in [1.165, 1.54) is 36.9 Å². The summed E-state index contributed by atoms with van der Waals surface area (Å²) in [5.74, 6) is 0. The van der Waals surface area contributed by atoms with E-state index >= 15 is 0 Å². The summed E-state index contributed by atoms with van der Waals surface area (Å²) >= 11 is 0. The predicted octanol–water partition coefficient (Wildman–Crippen LogP) is 3.62. The van der Waals surface area contributed by atoms with E-state index in [0.29, 0.717) is 13.0 Å². The average Bonchev–Trinajstić information content (AvgIpc) is 2.49. The molecule has 7 heteroatoms. The molecule has 2 atom stereocenters. The molecule has 0 spiro atoms. The van der Waals surface area contributed by atoms with Crippen LogP contribution < -0.4 is 0 Å². The van der Waals surface area contributed by atoms with Gasteiger partial charge in [-0.3, -0.25) is 0 Å². The molecular formula is C19H37NO5S. The molecule has 0 aromatic heterocycles. The fourth-order valence-corrected chi connectivity index (χ4v) is 4.65. The lowest BCUT2D eigenvalue weighted by molar-refractivity contribution is -0.366. The first-order chi connectivity index (χ1) is 11.9. The highest BCUT2D eigenvalue weighted by Crippen LogP contribution is 2.47. The number of aliphatic hydroxyl groups is 1. The number of hydrogen-bond acceptors (Lipinski definition) is 5. The van der Waals surface area contributed by atoms with Crippen LogP contribution in [0.2, 0.25) is 0 Å². The highest BCUT2D eigenvalue weighted by Gasteiger charge is 2.53. The highest BCUT2D eigenvalue weighted by atomic mass is 32.2. The zero-order valence-corrected chi connectivity index (χ0v) is 18.1. The third kappa shape index (κ3) is 5.76. The summed E-state index contributed by atoms with van der Waals surface area (Å²) in [5.41, 5.74) is -2.90. The van der Waals surface area contributed by atoms with Gasteiger partial charge >= 0.3 is 0 Å². The molecule has 0 saturated heterocycles. The summed E-state index contributed by atoms with van der Waals surface area (Å²) in [7, 11) is -2.16. The Bertz CT molecular complexity index is 570. The Kier molecular flexibility index (Phi) is 8.29. The number of rotatable bonds is 11. The smallest absolute Gasteiger partial charge is 0.213 e. The highest BCUT2D eigenvalue weighted by molar-refractivity contribution is 7.88. The maximum absolute atomic E-state index is 12.5. The minimum absolute atomic E-state index is 0.292. The van der Waals surface area contributed by atoms with Crippen LogP contribution >= 0.6 is 0 Å². The van der Waals surface area contributed by atoms with E-state index in [-0.39, 0.29) is 0 Å². The molecule has 0 aromatic rings. The minimum Gasteiger partial charge on any atom is -0.386 e. The van der Waals surface area contributed by atoms with Gasteiger partial charge in [0.15, 0.2) is 5.72 Å². The lowest BCUT2D eigenvalue weighted by atomic mass is 9.67. The molecule has 0 fully saturated rings. The number of hydrogen-bond donors (Lipinski definition) is 1. The Morgan fingerprint density at radius 1 is 1.08 bits per heavy atom. The van der Waals surface area contributed by atoms with Gasteiger partial charge in [0.05, 0.1) is 19.0 Å². The second-order valence-corrected chi connectivity index (χ2v) is 10.1. The van der Waals surface area contributed by atoms with Crippen LogP contribution in [0.1, 0.15) is 72.6 Å². The van der Waals surface area contributed by atoms with E-state index in [4.69, 9.17) is 9.78 Å². The van der Waals surface area contributed by atoms with Gasteiger partial charge in [0.2, 0.25) is 10.0 Å². The molecule has 26 heavy (non-hydrogen) atoms. The molecule has 154 valence electrons. The van der Waals surface area contributed by atoms with Crippen molar-refractivity contribution in [3.63, 3.8) is 0 Å². The topological polar surface area (TPSA) is 76.1 Å². The summed E-state index contributed by atoms with van der Waals surface area (Å²) in [6.45, 7) is 8.05. The number of unbranched alkanes of at least 4 members (excludes halogenated alkanes) is 5. The maximum Gasteiger partial charge on any atom is 0.213 e. The number of nitrogens with zero attached hydrogens (tertiary/aromatic N) is 1. The Hall–Kier alpha value is -0.470. The van der Waals surface area contributed by atoms with Crippen LogP contribution in [0.5, 0.6) is 0 Å². The van der Waals surface area contributed by atoms with E-state index < -0.39 is 26.8 Å². The van der Waals surface area contributed by atoms with E-state index in [1.807, 2.05) is 13.8 Å². The molecule has 0 bridgehead atoms. The zero-order chi connectivity index (χ0) is 20.1. The van der Waals surface area contributed by atoms with E-state index in [1.54, 1.807) is 19.1 Å². The van der Waals surface area contributed by atoms with Gasteiger partial charge in [-0.15, -0.1) is 0 Å². The third-order valence-corrected chi connectivity index (χ3v) is 6.79. The molecule has 2 unspecified atom stereocenters. The van der Waals surface area contributed by atoms with Crippen molar-refractivity contribution in [1.82, 2.24) is 4.31 Å². The summed E-state index contributed by atoms with van der Waals surface area (Å²) in [6, 6.07) is 0.